The summed E-state index contributed by atoms with van der Waals surface area (Å²) in [5.74, 6) is -1.78. The van der Waals surface area contributed by atoms with Crippen LogP contribution in [0.25, 0.3) is 0 Å². The van der Waals surface area contributed by atoms with Gasteiger partial charge >= 0.3 is 0 Å². The zero-order valence-corrected chi connectivity index (χ0v) is 23.5. The fraction of sp³-hybridized carbons (Fsp3) is 0.567. The molecule has 6 atom stereocenters. The Hall–Kier alpha value is -3.17. The summed E-state index contributed by atoms with van der Waals surface area (Å²) in [6.07, 6.45) is 4.54. The zero-order chi connectivity index (χ0) is 28.5. The lowest BCUT2D eigenvalue weighted by molar-refractivity contribution is -0.151. The van der Waals surface area contributed by atoms with Gasteiger partial charge in [-0.25, -0.2) is 0 Å². The number of rotatable bonds is 12. The molecule has 0 aromatic heterocycles. The molecule has 3 fully saturated rings. The minimum absolute atomic E-state index is 0.0290. The second-order valence-electron chi connectivity index (χ2n) is 11.0. The zero-order valence-electron chi connectivity index (χ0n) is 23.5. The molecule has 4 rings (SSSR count). The van der Waals surface area contributed by atoms with Crippen LogP contribution >= 0.6 is 0 Å². The molecule has 1 spiro atoms. The Morgan fingerprint density at radius 1 is 1.21 bits per heavy atom. The highest BCUT2D eigenvalue weighted by atomic mass is 16.5. The van der Waals surface area contributed by atoms with Gasteiger partial charge in [0.2, 0.25) is 11.8 Å². The molecule has 1 N–H and O–H groups in total. The molecule has 3 heterocycles. The number of anilines is 1. The Labute approximate surface area is 231 Å². The van der Waals surface area contributed by atoms with E-state index in [0.29, 0.717) is 30.9 Å². The molecule has 0 radical (unpaired) electrons. The molecule has 3 amide bonds. The van der Waals surface area contributed by atoms with Crippen LogP contribution in [-0.2, 0) is 19.1 Å². The molecule has 3 aliphatic heterocycles. The highest BCUT2D eigenvalue weighted by Crippen LogP contribution is 2.65. The quantitative estimate of drug-likeness (QED) is 0.410. The van der Waals surface area contributed by atoms with Crippen molar-refractivity contribution in [3.8, 4) is 5.75 Å². The van der Waals surface area contributed by atoms with Crippen LogP contribution in [0.4, 0.5) is 5.69 Å². The molecule has 0 aliphatic carbocycles. The van der Waals surface area contributed by atoms with Crippen molar-refractivity contribution in [2.75, 3.05) is 44.8 Å². The summed E-state index contributed by atoms with van der Waals surface area (Å²) in [5.41, 5.74) is -1.47. The van der Waals surface area contributed by atoms with Crippen LogP contribution in [0.1, 0.15) is 33.6 Å². The van der Waals surface area contributed by atoms with Gasteiger partial charge in [0.25, 0.3) is 5.91 Å². The van der Waals surface area contributed by atoms with Gasteiger partial charge in [0, 0.05) is 31.9 Å². The number of amides is 3. The summed E-state index contributed by atoms with van der Waals surface area (Å²) in [7, 11) is 1.57. The molecule has 1 aromatic carbocycles. The Morgan fingerprint density at radius 2 is 1.87 bits per heavy atom. The van der Waals surface area contributed by atoms with Gasteiger partial charge in [-0.05, 0) is 49.9 Å². The number of ether oxygens (including phenoxy) is 2. The summed E-state index contributed by atoms with van der Waals surface area (Å²) in [5, 5.41) is 9.92. The van der Waals surface area contributed by atoms with E-state index < -0.39 is 29.1 Å². The van der Waals surface area contributed by atoms with Gasteiger partial charge in [-0.1, -0.05) is 26.0 Å². The van der Waals surface area contributed by atoms with Gasteiger partial charge in [0.1, 0.15) is 17.4 Å². The molecule has 9 nitrogen and oxygen atoms in total. The molecular formula is C30H41N3O6. The second kappa shape index (κ2) is 11.1. The maximum Gasteiger partial charge on any atom is 0.253 e. The topological polar surface area (TPSA) is 99.6 Å². The monoisotopic (exact) mass is 539 g/mol. The minimum Gasteiger partial charge on any atom is -0.497 e. The third kappa shape index (κ3) is 4.45. The van der Waals surface area contributed by atoms with Gasteiger partial charge < -0.3 is 29.3 Å². The molecule has 39 heavy (non-hydrogen) atoms. The standard InChI is InChI=1S/C30H41N3O6/c1-7-14-31(15-8-2)26(35)23-24-27(36)33(17-18-34)25(30(24)19-20(4)29(23,5)39-30)28(37)32(16-9-3)21-10-12-22(38-6)13-11-21/h7,9-13,20,23-25,34H,1,3,8,14-19H2,2,4-6H3/t20?,23-,24+,25?,29+,30?/m1/s1. The summed E-state index contributed by atoms with van der Waals surface area (Å²) in [6.45, 7) is 14.3. The maximum absolute atomic E-state index is 14.5. The highest BCUT2D eigenvalue weighted by Gasteiger charge is 2.80. The van der Waals surface area contributed by atoms with E-state index >= 15 is 0 Å². The Balaban J connectivity index is 1.80. The van der Waals surface area contributed by atoms with Crippen molar-refractivity contribution in [2.45, 2.75) is 50.9 Å². The van der Waals surface area contributed by atoms with E-state index in [0.717, 1.165) is 6.42 Å². The smallest absolute Gasteiger partial charge is 0.253 e. The summed E-state index contributed by atoms with van der Waals surface area (Å²) in [6, 6.07) is 6.10. The van der Waals surface area contributed by atoms with E-state index in [2.05, 4.69) is 13.2 Å². The van der Waals surface area contributed by atoms with E-state index in [9.17, 15) is 19.5 Å². The van der Waals surface area contributed by atoms with Crippen LogP contribution in [0.15, 0.2) is 49.6 Å². The Kier molecular flexibility index (Phi) is 8.23. The normalized spacial score (nSPS) is 30.7. The molecule has 0 saturated carbocycles. The van der Waals surface area contributed by atoms with Crippen LogP contribution in [0, 0.1) is 17.8 Å². The fourth-order valence-corrected chi connectivity index (χ4v) is 7.02. The van der Waals surface area contributed by atoms with Crippen molar-refractivity contribution in [1.29, 1.82) is 0 Å². The Morgan fingerprint density at radius 3 is 2.44 bits per heavy atom. The Bertz CT molecular complexity index is 1120. The first-order valence-electron chi connectivity index (χ1n) is 13.7. The van der Waals surface area contributed by atoms with Crippen LogP contribution < -0.4 is 9.64 Å². The van der Waals surface area contributed by atoms with Gasteiger partial charge in [-0.2, -0.15) is 0 Å². The summed E-state index contributed by atoms with van der Waals surface area (Å²) < 4.78 is 12.1. The number of nitrogens with zero attached hydrogens (tertiary/aromatic N) is 3. The maximum atomic E-state index is 14.5. The lowest BCUT2D eigenvalue weighted by Gasteiger charge is -2.39. The number of aliphatic hydroxyl groups excluding tert-OH is 1. The SMILES string of the molecule is C=CCN(CCC)C(=O)[C@H]1[C@H]2C(=O)N(CCO)C(C(=O)N(CC=C)c3ccc(OC)cc3)C23CC(C)[C@]1(C)O3. The van der Waals surface area contributed by atoms with Crippen LogP contribution in [0.5, 0.6) is 5.75 Å². The van der Waals surface area contributed by atoms with Gasteiger partial charge in [-0.3, -0.25) is 14.4 Å². The predicted molar refractivity (Wildman–Crippen MR) is 148 cm³/mol. The van der Waals surface area contributed by atoms with E-state index in [1.54, 1.807) is 53.3 Å². The van der Waals surface area contributed by atoms with Gasteiger partial charge in [0.05, 0.1) is 31.2 Å². The number of hydrogen-bond acceptors (Lipinski definition) is 6. The van der Waals surface area contributed by atoms with Crippen LogP contribution in [0.2, 0.25) is 0 Å². The van der Waals surface area contributed by atoms with Crippen LogP contribution in [0.3, 0.4) is 0 Å². The van der Waals surface area contributed by atoms with E-state index in [1.165, 1.54) is 4.90 Å². The number of aliphatic hydroxyl groups is 1. The lowest BCUT2D eigenvalue weighted by Crippen LogP contribution is -2.57. The lowest BCUT2D eigenvalue weighted by atomic mass is 9.62. The number of β-amino-alcohol motifs (C(OH)–C–C–N with tert-alkyl or cyclic N) is 1. The molecule has 1 aromatic rings. The van der Waals surface area contributed by atoms with Crippen molar-refractivity contribution < 1.29 is 29.0 Å². The van der Waals surface area contributed by atoms with E-state index in [-0.39, 0.29) is 43.3 Å². The van der Waals surface area contributed by atoms with E-state index in [1.807, 2.05) is 20.8 Å². The predicted octanol–water partition coefficient (Wildman–Crippen LogP) is 2.64. The molecule has 3 saturated heterocycles. The van der Waals surface area contributed by atoms with Crippen molar-refractivity contribution >= 4 is 23.4 Å². The van der Waals surface area contributed by atoms with Crippen molar-refractivity contribution in [3.05, 3.63) is 49.6 Å². The fourth-order valence-electron chi connectivity index (χ4n) is 7.02. The average molecular weight is 540 g/mol. The van der Waals surface area contributed by atoms with Crippen LogP contribution in [-0.4, -0.2) is 89.8 Å². The summed E-state index contributed by atoms with van der Waals surface area (Å²) >= 11 is 0. The minimum atomic E-state index is -1.18. The third-order valence-corrected chi connectivity index (χ3v) is 8.77. The molecule has 3 aliphatic rings. The first-order valence-corrected chi connectivity index (χ1v) is 13.7. The van der Waals surface area contributed by atoms with Gasteiger partial charge in [-0.15, -0.1) is 13.2 Å². The largest absolute Gasteiger partial charge is 0.497 e. The number of benzene rings is 1. The molecule has 9 heteroatoms. The highest BCUT2D eigenvalue weighted by molar-refractivity contribution is 6.05. The first-order chi connectivity index (χ1) is 18.6. The molecule has 212 valence electrons. The number of fused-ring (bicyclic) bond motifs is 1. The van der Waals surface area contributed by atoms with Crippen molar-refractivity contribution in [1.82, 2.24) is 9.80 Å². The number of methoxy groups -OCH3 is 1. The van der Waals surface area contributed by atoms with E-state index in [4.69, 9.17) is 9.47 Å². The first kappa shape index (κ1) is 28.8. The average Bonchev–Trinajstić information content (AvgIpc) is 3.43. The molecular weight excluding hydrogens is 498 g/mol. The van der Waals surface area contributed by atoms with Gasteiger partial charge in [0.15, 0.2) is 0 Å². The molecule has 2 bridgehead atoms. The number of carbonyl (C=O) groups excluding carboxylic acids is 3. The van der Waals surface area contributed by atoms with Crippen molar-refractivity contribution in [2.24, 2.45) is 17.8 Å². The summed E-state index contributed by atoms with van der Waals surface area (Å²) in [4.78, 5) is 47.4. The number of hydrogen-bond donors (Lipinski definition) is 1. The third-order valence-electron chi connectivity index (χ3n) is 8.77. The number of likely N-dealkylation sites (tertiary alicyclic amines) is 1. The second-order valence-corrected chi connectivity index (χ2v) is 11.0. The molecule has 3 unspecified atom stereocenters. The number of carbonyl (C=O) groups is 3. The van der Waals surface area contributed by atoms with Crippen molar-refractivity contribution in [3.63, 3.8) is 0 Å².